The molecule has 5 nitrogen and oxygen atoms in total. The Morgan fingerprint density at radius 2 is 2.23 bits per heavy atom. The number of fused-ring (bicyclic) bond motifs is 2. The first-order chi connectivity index (χ1) is 10.7. The Kier molecular flexibility index (Phi) is 3.26. The molecule has 0 spiro atoms. The zero-order chi connectivity index (χ0) is 15.1. The second-order valence-electron chi connectivity index (χ2n) is 5.76. The van der Waals surface area contributed by atoms with Crippen molar-refractivity contribution in [1.82, 2.24) is 4.98 Å². The van der Waals surface area contributed by atoms with Gasteiger partial charge in [0.2, 0.25) is 6.79 Å². The topological polar surface area (TPSA) is 60.5 Å². The zero-order valence-corrected chi connectivity index (χ0v) is 13.0. The van der Waals surface area contributed by atoms with Crippen molar-refractivity contribution in [2.75, 3.05) is 12.1 Å². The van der Waals surface area contributed by atoms with Crippen molar-refractivity contribution in [3.05, 3.63) is 34.3 Å². The van der Waals surface area contributed by atoms with Crippen LogP contribution < -0.4 is 14.8 Å². The van der Waals surface area contributed by atoms with E-state index in [1.807, 2.05) is 0 Å². The summed E-state index contributed by atoms with van der Waals surface area (Å²) in [5.41, 5.74) is 1.69. The van der Waals surface area contributed by atoms with Gasteiger partial charge in [-0.25, -0.2) is 4.98 Å². The molecule has 0 saturated heterocycles. The molecule has 1 aliphatic heterocycles. The summed E-state index contributed by atoms with van der Waals surface area (Å²) >= 11 is 1.59. The van der Waals surface area contributed by atoms with Crippen LogP contribution in [0.5, 0.6) is 11.5 Å². The molecular formula is C16H16N2O3S. The van der Waals surface area contributed by atoms with Crippen LogP contribution in [0.1, 0.15) is 34.3 Å². The third-order valence-electron chi connectivity index (χ3n) is 4.04. The fourth-order valence-corrected chi connectivity index (χ4v) is 3.97. The summed E-state index contributed by atoms with van der Waals surface area (Å²) in [7, 11) is 0. The van der Waals surface area contributed by atoms with Crippen molar-refractivity contribution in [1.29, 1.82) is 0 Å². The molecule has 4 rings (SSSR count). The summed E-state index contributed by atoms with van der Waals surface area (Å²) in [5, 5.41) is 3.58. The Labute approximate surface area is 132 Å². The highest BCUT2D eigenvalue weighted by Gasteiger charge is 2.21. The van der Waals surface area contributed by atoms with Gasteiger partial charge in [0.15, 0.2) is 16.6 Å². The predicted molar refractivity (Wildman–Crippen MR) is 83.8 cm³/mol. The van der Waals surface area contributed by atoms with Gasteiger partial charge in [-0.2, -0.15) is 0 Å². The Morgan fingerprint density at radius 3 is 3.14 bits per heavy atom. The highest BCUT2D eigenvalue weighted by molar-refractivity contribution is 7.15. The van der Waals surface area contributed by atoms with E-state index in [0.717, 1.165) is 18.5 Å². The van der Waals surface area contributed by atoms with Gasteiger partial charge in [0.25, 0.3) is 5.91 Å². The molecule has 1 aromatic carbocycles. The third kappa shape index (κ3) is 2.43. The summed E-state index contributed by atoms with van der Waals surface area (Å²) in [6.07, 6.45) is 3.24. The Morgan fingerprint density at radius 1 is 1.36 bits per heavy atom. The molecule has 0 bridgehead atoms. The van der Waals surface area contributed by atoms with Gasteiger partial charge in [-0.3, -0.25) is 10.1 Å². The van der Waals surface area contributed by atoms with Crippen molar-refractivity contribution in [2.45, 2.75) is 26.2 Å². The summed E-state index contributed by atoms with van der Waals surface area (Å²) in [4.78, 5) is 18.2. The second-order valence-corrected chi connectivity index (χ2v) is 6.84. The molecule has 1 amide bonds. The third-order valence-corrected chi connectivity index (χ3v) is 5.08. The lowest BCUT2D eigenvalue weighted by molar-refractivity contribution is 0.102. The van der Waals surface area contributed by atoms with Crippen LogP contribution in [-0.4, -0.2) is 17.7 Å². The molecule has 1 aromatic heterocycles. The van der Waals surface area contributed by atoms with Crippen LogP contribution in [0, 0.1) is 5.92 Å². The van der Waals surface area contributed by atoms with Crippen LogP contribution in [0.15, 0.2) is 18.2 Å². The van der Waals surface area contributed by atoms with E-state index in [2.05, 4.69) is 17.2 Å². The summed E-state index contributed by atoms with van der Waals surface area (Å²) in [6, 6.07) is 5.19. The van der Waals surface area contributed by atoms with Crippen LogP contribution in [0.4, 0.5) is 5.13 Å². The number of ether oxygens (including phenoxy) is 2. The van der Waals surface area contributed by atoms with Crippen LogP contribution in [0.3, 0.4) is 0 Å². The van der Waals surface area contributed by atoms with E-state index in [1.54, 1.807) is 29.5 Å². The lowest BCUT2D eigenvalue weighted by Crippen LogP contribution is -2.12. The van der Waals surface area contributed by atoms with Crippen molar-refractivity contribution in [3.8, 4) is 11.5 Å². The van der Waals surface area contributed by atoms with Gasteiger partial charge in [-0.15, -0.1) is 11.3 Å². The fraction of sp³-hybridized carbons (Fsp3) is 0.375. The van der Waals surface area contributed by atoms with Crippen molar-refractivity contribution >= 4 is 22.4 Å². The largest absolute Gasteiger partial charge is 0.454 e. The SMILES string of the molecule is CC1CCc2nc(NC(=O)c3ccc4c(c3)OCO4)sc2C1. The Balaban J connectivity index is 1.52. The van der Waals surface area contributed by atoms with Gasteiger partial charge >= 0.3 is 0 Å². The fourth-order valence-electron chi connectivity index (χ4n) is 2.80. The van der Waals surface area contributed by atoms with Crippen LogP contribution in [0.25, 0.3) is 0 Å². The number of carbonyl (C=O) groups excluding carboxylic acids is 1. The first-order valence-electron chi connectivity index (χ1n) is 7.38. The van der Waals surface area contributed by atoms with Gasteiger partial charge in [0, 0.05) is 10.4 Å². The van der Waals surface area contributed by atoms with Crippen LogP contribution in [-0.2, 0) is 12.8 Å². The van der Waals surface area contributed by atoms with E-state index in [0.29, 0.717) is 28.1 Å². The molecule has 22 heavy (non-hydrogen) atoms. The predicted octanol–water partition coefficient (Wildman–Crippen LogP) is 3.25. The standard InChI is InChI=1S/C16H16N2O3S/c1-9-2-4-11-14(6-9)22-16(17-11)18-15(19)10-3-5-12-13(7-10)21-8-20-12/h3,5,7,9H,2,4,6,8H2,1H3,(H,17,18,19). The van der Waals surface area contributed by atoms with Crippen molar-refractivity contribution in [3.63, 3.8) is 0 Å². The molecule has 2 aromatic rings. The summed E-state index contributed by atoms with van der Waals surface area (Å²) < 4.78 is 10.6. The van der Waals surface area contributed by atoms with E-state index in [1.165, 1.54) is 11.3 Å². The average Bonchev–Trinajstić information content (AvgIpc) is 3.11. The van der Waals surface area contributed by atoms with Gasteiger partial charge in [-0.1, -0.05) is 6.92 Å². The number of nitrogens with one attached hydrogen (secondary N) is 1. The maximum Gasteiger partial charge on any atom is 0.257 e. The molecular weight excluding hydrogens is 300 g/mol. The Bertz CT molecular complexity index is 741. The van der Waals surface area contributed by atoms with Crippen molar-refractivity contribution < 1.29 is 14.3 Å². The monoisotopic (exact) mass is 316 g/mol. The molecule has 0 fully saturated rings. The number of amides is 1. The average molecular weight is 316 g/mol. The minimum absolute atomic E-state index is 0.169. The normalized spacial score (nSPS) is 18.9. The van der Waals surface area contributed by atoms with Crippen LogP contribution in [0.2, 0.25) is 0 Å². The molecule has 0 saturated carbocycles. The summed E-state index contributed by atoms with van der Waals surface area (Å²) in [5.74, 6) is 1.82. The molecule has 0 radical (unpaired) electrons. The molecule has 6 heteroatoms. The molecule has 2 heterocycles. The minimum Gasteiger partial charge on any atom is -0.454 e. The second kappa shape index (κ2) is 5.28. The van der Waals surface area contributed by atoms with E-state index < -0.39 is 0 Å². The number of rotatable bonds is 2. The lowest BCUT2D eigenvalue weighted by atomic mass is 9.93. The van der Waals surface area contributed by atoms with E-state index in [-0.39, 0.29) is 12.7 Å². The molecule has 1 unspecified atom stereocenters. The number of hydrogen-bond donors (Lipinski definition) is 1. The van der Waals surface area contributed by atoms with Gasteiger partial charge in [0.05, 0.1) is 5.69 Å². The van der Waals surface area contributed by atoms with E-state index >= 15 is 0 Å². The molecule has 1 N–H and O–H groups in total. The lowest BCUT2D eigenvalue weighted by Gasteiger charge is -2.15. The highest BCUT2D eigenvalue weighted by atomic mass is 32.1. The first kappa shape index (κ1) is 13.6. The summed E-state index contributed by atoms with van der Waals surface area (Å²) in [6.45, 7) is 2.46. The van der Waals surface area contributed by atoms with Gasteiger partial charge in [0.1, 0.15) is 0 Å². The molecule has 2 aliphatic rings. The highest BCUT2D eigenvalue weighted by Crippen LogP contribution is 2.34. The number of aryl methyl sites for hydroxylation is 1. The molecule has 1 atom stereocenters. The maximum atomic E-state index is 12.4. The number of anilines is 1. The smallest absolute Gasteiger partial charge is 0.257 e. The number of benzene rings is 1. The van der Waals surface area contributed by atoms with Gasteiger partial charge < -0.3 is 9.47 Å². The number of carbonyl (C=O) groups is 1. The van der Waals surface area contributed by atoms with E-state index in [4.69, 9.17) is 9.47 Å². The van der Waals surface area contributed by atoms with Crippen LogP contribution >= 0.6 is 11.3 Å². The van der Waals surface area contributed by atoms with Gasteiger partial charge in [-0.05, 0) is 43.4 Å². The van der Waals surface area contributed by atoms with Crippen molar-refractivity contribution in [2.24, 2.45) is 5.92 Å². The quantitative estimate of drug-likeness (QED) is 0.924. The number of hydrogen-bond acceptors (Lipinski definition) is 5. The Hall–Kier alpha value is -2.08. The minimum atomic E-state index is -0.169. The number of aromatic nitrogens is 1. The van der Waals surface area contributed by atoms with E-state index in [9.17, 15) is 4.79 Å². The number of thiazole rings is 1. The number of nitrogens with zero attached hydrogens (tertiary/aromatic N) is 1. The zero-order valence-electron chi connectivity index (χ0n) is 12.2. The molecule has 114 valence electrons. The first-order valence-corrected chi connectivity index (χ1v) is 8.20. The molecule has 1 aliphatic carbocycles. The maximum absolute atomic E-state index is 12.4.